The maximum absolute atomic E-state index is 12.9. The van der Waals surface area contributed by atoms with Crippen molar-refractivity contribution in [2.45, 2.75) is 26.6 Å². The molecule has 4 rings (SSSR count). The van der Waals surface area contributed by atoms with Gasteiger partial charge in [-0.1, -0.05) is 59.7 Å². The summed E-state index contributed by atoms with van der Waals surface area (Å²) in [5, 5.41) is 0. The minimum Gasteiger partial charge on any atom is -0.497 e. The van der Waals surface area contributed by atoms with Gasteiger partial charge < -0.3 is 14.4 Å². The summed E-state index contributed by atoms with van der Waals surface area (Å²) in [6.07, 6.45) is -0.0876. The van der Waals surface area contributed by atoms with Crippen molar-refractivity contribution in [1.82, 2.24) is 9.80 Å². The van der Waals surface area contributed by atoms with E-state index in [1.807, 2.05) is 48.2 Å². The van der Waals surface area contributed by atoms with E-state index in [4.69, 9.17) is 9.47 Å². The second-order valence-electron chi connectivity index (χ2n) is 9.02. The summed E-state index contributed by atoms with van der Waals surface area (Å²) in [5.74, 6) is 0.943. The molecule has 0 N–H and O–H groups in total. The highest BCUT2D eigenvalue weighted by molar-refractivity contribution is 5.94. The van der Waals surface area contributed by atoms with Crippen LogP contribution in [-0.4, -0.2) is 55.5 Å². The van der Waals surface area contributed by atoms with E-state index in [0.29, 0.717) is 6.61 Å². The standard InChI is InChI=1S/C29H34N2O3/c1-22-10-12-24(13-11-22)21-34-28(25-7-5-9-27(19-25)33-3)20-30-14-16-31(17-15-30)29(32)26-8-4-6-23(2)18-26/h4-13,18-19,28H,14-17,20-21H2,1-3H3/t28-/m1/s1. The van der Waals surface area contributed by atoms with Gasteiger partial charge in [0, 0.05) is 38.3 Å². The molecule has 1 atom stereocenters. The third-order valence-corrected chi connectivity index (χ3v) is 6.39. The fourth-order valence-electron chi connectivity index (χ4n) is 4.31. The number of nitrogens with zero attached hydrogens (tertiary/aromatic N) is 2. The molecule has 0 bridgehead atoms. The van der Waals surface area contributed by atoms with Crippen LogP contribution >= 0.6 is 0 Å². The lowest BCUT2D eigenvalue weighted by atomic mass is 10.1. The molecule has 1 amide bonds. The molecule has 1 fully saturated rings. The molecule has 0 saturated carbocycles. The van der Waals surface area contributed by atoms with E-state index in [2.05, 4.69) is 48.2 Å². The van der Waals surface area contributed by atoms with Gasteiger partial charge in [-0.2, -0.15) is 0 Å². The van der Waals surface area contributed by atoms with Gasteiger partial charge in [-0.05, 0) is 49.2 Å². The predicted octanol–water partition coefficient (Wildman–Crippen LogP) is 5.03. The van der Waals surface area contributed by atoms with Gasteiger partial charge in [0.15, 0.2) is 0 Å². The summed E-state index contributed by atoms with van der Waals surface area (Å²) < 4.78 is 11.9. The highest BCUT2D eigenvalue weighted by atomic mass is 16.5. The summed E-state index contributed by atoms with van der Waals surface area (Å²) in [7, 11) is 1.69. The van der Waals surface area contributed by atoms with Gasteiger partial charge in [0.2, 0.25) is 0 Å². The first-order valence-corrected chi connectivity index (χ1v) is 11.9. The number of ether oxygens (including phenoxy) is 2. The van der Waals surface area contributed by atoms with Crippen LogP contribution in [0.2, 0.25) is 0 Å². The molecule has 0 unspecified atom stereocenters. The molecule has 0 spiro atoms. The first-order valence-electron chi connectivity index (χ1n) is 11.9. The lowest BCUT2D eigenvalue weighted by molar-refractivity contribution is 0.00333. The molecule has 0 aromatic heterocycles. The van der Waals surface area contributed by atoms with Crippen molar-refractivity contribution in [2.75, 3.05) is 39.8 Å². The lowest BCUT2D eigenvalue weighted by Gasteiger charge is -2.36. The number of carbonyl (C=O) groups is 1. The van der Waals surface area contributed by atoms with Crippen LogP contribution in [0, 0.1) is 13.8 Å². The highest BCUT2D eigenvalue weighted by Crippen LogP contribution is 2.25. The molecule has 178 valence electrons. The maximum atomic E-state index is 12.9. The van der Waals surface area contributed by atoms with E-state index >= 15 is 0 Å². The summed E-state index contributed by atoms with van der Waals surface area (Å²) in [6, 6.07) is 24.4. The first kappa shape index (κ1) is 24.0. The molecule has 1 saturated heterocycles. The summed E-state index contributed by atoms with van der Waals surface area (Å²) in [6.45, 7) is 8.51. The minimum absolute atomic E-state index is 0.0876. The van der Waals surface area contributed by atoms with Crippen molar-refractivity contribution in [3.63, 3.8) is 0 Å². The van der Waals surface area contributed by atoms with Crippen LogP contribution in [0.3, 0.4) is 0 Å². The quantitative estimate of drug-likeness (QED) is 0.475. The Balaban J connectivity index is 1.40. The molecule has 5 nitrogen and oxygen atoms in total. The smallest absolute Gasteiger partial charge is 0.253 e. The minimum atomic E-state index is -0.0876. The van der Waals surface area contributed by atoms with Crippen molar-refractivity contribution >= 4 is 5.91 Å². The summed E-state index contributed by atoms with van der Waals surface area (Å²) in [5.41, 5.74) is 5.38. The third-order valence-electron chi connectivity index (χ3n) is 6.39. The Hall–Kier alpha value is -3.15. The summed E-state index contributed by atoms with van der Waals surface area (Å²) in [4.78, 5) is 17.3. The zero-order chi connectivity index (χ0) is 23.9. The normalized spacial score (nSPS) is 15.2. The van der Waals surface area contributed by atoms with E-state index in [9.17, 15) is 4.79 Å². The number of aryl methyl sites for hydroxylation is 2. The monoisotopic (exact) mass is 458 g/mol. The zero-order valence-electron chi connectivity index (χ0n) is 20.4. The van der Waals surface area contributed by atoms with E-state index in [1.165, 1.54) is 5.56 Å². The van der Waals surface area contributed by atoms with Gasteiger partial charge in [0.1, 0.15) is 5.75 Å². The number of hydrogen-bond acceptors (Lipinski definition) is 4. The van der Waals surface area contributed by atoms with Gasteiger partial charge in [0.05, 0.1) is 19.8 Å². The molecule has 3 aromatic carbocycles. The molecule has 0 aliphatic carbocycles. The largest absolute Gasteiger partial charge is 0.497 e. The average molecular weight is 459 g/mol. The zero-order valence-corrected chi connectivity index (χ0v) is 20.4. The number of carbonyl (C=O) groups excluding carboxylic acids is 1. The van der Waals surface area contributed by atoms with Crippen molar-refractivity contribution in [2.24, 2.45) is 0 Å². The topological polar surface area (TPSA) is 42.0 Å². The Labute approximate surface area is 202 Å². The number of piperazine rings is 1. The molecule has 3 aromatic rings. The van der Waals surface area contributed by atoms with E-state index in [-0.39, 0.29) is 12.0 Å². The van der Waals surface area contributed by atoms with Gasteiger partial charge in [-0.25, -0.2) is 0 Å². The van der Waals surface area contributed by atoms with Crippen molar-refractivity contribution < 1.29 is 14.3 Å². The second-order valence-corrected chi connectivity index (χ2v) is 9.02. The average Bonchev–Trinajstić information content (AvgIpc) is 2.87. The molecule has 1 aliphatic heterocycles. The van der Waals surface area contributed by atoms with Gasteiger partial charge >= 0.3 is 0 Å². The molecule has 34 heavy (non-hydrogen) atoms. The fourth-order valence-corrected chi connectivity index (χ4v) is 4.31. The number of methoxy groups -OCH3 is 1. The molecule has 5 heteroatoms. The highest BCUT2D eigenvalue weighted by Gasteiger charge is 2.25. The van der Waals surface area contributed by atoms with Crippen molar-refractivity contribution in [3.05, 3.63) is 101 Å². The van der Waals surface area contributed by atoms with Crippen LogP contribution in [0.25, 0.3) is 0 Å². The van der Waals surface area contributed by atoms with Crippen LogP contribution in [0.5, 0.6) is 5.75 Å². The molecule has 1 aliphatic rings. The number of amides is 1. The Morgan fingerprint density at radius 1 is 0.882 bits per heavy atom. The number of hydrogen-bond donors (Lipinski definition) is 0. The van der Waals surface area contributed by atoms with Crippen LogP contribution in [0.15, 0.2) is 72.8 Å². The first-order chi connectivity index (χ1) is 16.5. The molecular formula is C29H34N2O3. The SMILES string of the molecule is COc1cccc([C@@H](CN2CCN(C(=O)c3cccc(C)c3)CC2)OCc2ccc(C)cc2)c1. The van der Waals surface area contributed by atoms with E-state index in [0.717, 1.165) is 60.7 Å². The Bertz CT molecular complexity index is 1090. The predicted molar refractivity (Wildman–Crippen MR) is 135 cm³/mol. The Morgan fingerprint density at radius 3 is 2.32 bits per heavy atom. The van der Waals surface area contributed by atoms with Crippen LogP contribution in [-0.2, 0) is 11.3 Å². The summed E-state index contributed by atoms with van der Waals surface area (Å²) >= 11 is 0. The van der Waals surface area contributed by atoms with Crippen LogP contribution < -0.4 is 4.74 Å². The number of benzene rings is 3. The van der Waals surface area contributed by atoms with E-state index < -0.39 is 0 Å². The van der Waals surface area contributed by atoms with Crippen molar-refractivity contribution in [1.29, 1.82) is 0 Å². The molecule has 1 heterocycles. The molecule has 0 radical (unpaired) electrons. The van der Waals surface area contributed by atoms with Crippen LogP contribution in [0.4, 0.5) is 0 Å². The van der Waals surface area contributed by atoms with Gasteiger partial charge in [-0.15, -0.1) is 0 Å². The third kappa shape index (κ3) is 6.25. The maximum Gasteiger partial charge on any atom is 0.253 e. The van der Waals surface area contributed by atoms with Crippen molar-refractivity contribution in [3.8, 4) is 5.75 Å². The Kier molecular flexibility index (Phi) is 7.99. The van der Waals surface area contributed by atoms with Gasteiger partial charge in [-0.3, -0.25) is 9.69 Å². The van der Waals surface area contributed by atoms with Crippen LogP contribution in [0.1, 0.15) is 38.7 Å². The number of rotatable bonds is 8. The molecular weight excluding hydrogens is 424 g/mol. The Morgan fingerprint density at radius 2 is 1.62 bits per heavy atom. The second kappa shape index (κ2) is 11.3. The lowest BCUT2D eigenvalue weighted by Crippen LogP contribution is -2.49. The van der Waals surface area contributed by atoms with Gasteiger partial charge in [0.25, 0.3) is 5.91 Å². The van der Waals surface area contributed by atoms with E-state index in [1.54, 1.807) is 7.11 Å². The fraction of sp³-hybridized carbons (Fsp3) is 0.345.